The molecule has 10 nitrogen and oxygen atoms in total. The van der Waals surface area contributed by atoms with Crippen LogP contribution in [0.2, 0.25) is 0 Å². The molecule has 0 bridgehead atoms. The molecule has 2 fully saturated rings. The zero-order valence-corrected chi connectivity index (χ0v) is 22.2. The molecule has 13 heteroatoms. The number of nitrogens with zero attached hydrogens (tertiary/aromatic N) is 6. The molecule has 1 N–H and O–H groups in total. The summed E-state index contributed by atoms with van der Waals surface area (Å²) in [6, 6.07) is 8.15. The van der Waals surface area contributed by atoms with E-state index in [1.165, 1.54) is 6.07 Å². The molecule has 2 aliphatic rings. The summed E-state index contributed by atoms with van der Waals surface area (Å²) in [5.74, 6) is -0.126. The Bertz CT molecular complexity index is 1320. The summed E-state index contributed by atoms with van der Waals surface area (Å²) >= 11 is 0. The number of fused-ring (bicyclic) bond motifs is 1. The Kier molecular flexibility index (Phi) is 7.27. The van der Waals surface area contributed by atoms with Crippen molar-refractivity contribution in [2.45, 2.75) is 51.4 Å². The number of alkyl halides is 3. The van der Waals surface area contributed by atoms with Gasteiger partial charge in [-0.25, -0.2) is 9.78 Å². The fourth-order valence-corrected chi connectivity index (χ4v) is 4.77. The fraction of sp³-hybridized carbons (Fsp3) is 0.538. The van der Waals surface area contributed by atoms with Crippen molar-refractivity contribution in [3.8, 4) is 5.95 Å². The van der Waals surface area contributed by atoms with Crippen molar-refractivity contribution >= 4 is 28.8 Å². The lowest BCUT2D eigenvalue weighted by Crippen LogP contribution is -2.46. The number of alkyl carbamates (subject to hydrolysis) is 1. The summed E-state index contributed by atoms with van der Waals surface area (Å²) in [4.78, 5) is 29.3. The van der Waals surface area contributed by atoms with E-state index < -0.39 is 23.7 Å². The van der Waals surface area contributed by atoms with Crippen LogP contribution in [0.4, 0.5) is 29.6 Å². The number of halogens is 3. The van der Waals surface area contributed by atoms with Crippen molar-refractivity contribution in [1.82, 2.24) is 24.8 Å². The molecular formula is C26H32F3N7O3. The van der Waals surface area contributed by atoms with Gasteiger partial charge in [0.1, 0.15) is 17.2 Å². The molecule has 0 spiro atoms. The third-order valence-corrected chi connectivity index (χ3v) is 6.58. The SMILES string of the molecule is CC(C)(C)OC(=O)NC1CCN(c2cc(N3CCOCC3)nc(-n3c(C(F)(F)F)nc4ccccc43)n2)CC1. The quantitative estimate of drug-likeness (QED) is 0.520. The Morgan fingerprint density at radius 3 is 2.21 bits per heavy atom. The Balaban J connectivity index is 1.47. The number of amides is 1. The van der Waals surface area contributed by atoms with Crippen LogP contribution in [-0.4, -0.2) is 76.6 Å². The first-order valence-electron chi connectivity index (χ1n) is 13.0. The van der Waals surface area contributed by atoms with Gasteiger partial charge in [0.2, 0.25) is 11.8 Å². The molecule has 5 rings (SSSR count). The summed E-state index contributed by atoms with van der Waals surface area (Å²) in [7, 11) is 0. The van der Waals surface area contributed by atoms with E-state index in [0.717, 1.165) is 4.57 Å². The average Bonchev–Trinajstić information content (AvgIpc) is 3.29. The highest BCUT2D eigenvalue weighted by molar-refractivity contribution is 5.78. The van der Waals surface area contributed by atoms with E-state index in [0.29, 0.717) is 63.9 Å². The summed E-state index contributed by atoms with van der Waals surface area (Å²) in [5, 5.41) is 2.91. The maximum Gasteiger partial charge on any atom is 0.450 e. The van der Waals surface area contributed by atoms with Crippen LogP contribution in [0.5, 0.6) is 0 Å². The Morgan fingerprint density at radius 2 is 1.59 bits per heavy atom. The maximum absolute atomic E-state index is 14.1. The molecular weight excluding hydrogens is 515 g/mol. The monoisotopic (exact) mass is 547 g/mol. The lowest BCUT2D eigenvalue weighted by molar-refractivity contribution is -0.145. The topological polar surface area (TPSA) is 97.6 Å². The van der Waals surface area contributed by atoms with Crippen LogP contribution in [0.1, 0.15) is 39.4 Å². The van der Waals surface area contributed by atoms with E-state index >= 15 is 0 Å². The van der Waals surface area contributed by atoms with Gasteiger partial charge in [0.05, 0.1) is 24.2 Å². The van der Waals surface area contributed by atoms with Crippen molar-refractivity contribution in [1.29, 1.82) is 0 Å². The van der Waals surface area contributed by atoms with Gasteiger partial charge in [0.15, 0.2) is 0 Å². The van der Waals surface area contributed by atoms with Crippen LogP contribution in [0.15, 0.2) is 30.3 Å². The van der Waals surface area contributed by atoms with Gasteiger partial charge in [-0.3, -0.25) is 4.57 Å². The molecule has 0 saturated carbocycles. The third-order valence-electron chi connectivity index (χ3n) is 6.58. The van der Waals surface area contributed by atoms with Crippen LogP contribution in [0.25, 0.3) is 17.0 Å². The van der Waals surface area contributed by atoms with Crippen LogP contribution < -0.4 is 15.1 Å². The number of hydrogen-bond donors (Lipinski definition) is 1. The number of imidazole rings is 1. The summed E-state index contributed by atoms with van der Waals surface area (Å²) in [6.07, 6.45) is -3.91. The number of morpholine rings is 1. The zero-order chi connectivity index (χ0) is 27.8. The molecule has 0 atom stereocenters. The standard InChI is InChI=1S/C26H32F3N7O3/c1-25(2,3)39-24(37)30-17-8-10-34(11-9-17)20-16-21(35-12-14-38-15-13-35)33-23(32-20)36-19-7-5-4-6-18(19)31-22(36)26(27,28)29/h4-7,16-17H,8-15H2,1-3H3,(H,30,37). The minimum Gasteiger partial charge on any atom is -0.444 e. The van der Waals surface area contributed by atoms with E-state index in [-0.39, 0.29) is 23.0 Å². The second kappa shape index (κ2) is 10.5. The number of para-hydroxylation sites is 2. The van der Waals surface area contributed by atoms with Crippen LogP contribution in [0, 0.1) is 0 Å². The summed E-state index contributed by atoms with van der Waals surface area (Å²) in [5.41, 5.74) is -0.110. The number of rotatable bonds is 4. The Morgan fingerprint density at radius 1 is 0.974 bits per heavy atom. The summed E-state index contributed by atoms with van der Waals surface area (Å²) < 4.78 is 54.1. The molecule has 0 aliphatic carbocycles. The number of anilines is 2. The first kappa shape index (κ1) is 27.0. The van der Waals surface area contributed by atoms with E-state index in [2.05, 4.69) is 20.3 Å². The summed E-state index contributed by atoms with van der Waals surface area (Å²) in [6.45, 7) is 8.65. The van der Waals surface area contributed by atoms with Crippen molar-refractivity contribution in [3.63, 3.8) is 0 Å². The van der Waals surface area contributed by atoms with Gasteiger partial charge in [0.25, 0.3) is 0 Å². The molecule has 2 saturated heterocycles. The van der Waals surface area contributed by atoms with Gasteiger partial charge >= 0.3 is 12.3 Å². The molecule has 39 heavy (non-hydrogen) atoms. The normalized spacial score (nSPS) is 17.5. The van der Waals surface area contributed by atoms with Crippen LogP contribution in [-0.2, 0) is 15.7 Å². The molecule has 1 amide bonds. The number of carbonyl (C=O) groups excluding carboxylic acids is 1. The third kappa shape index (κ3) is 6.18. The highest BCUT2D eigenvalue weighted by atomic mass is 19.4. The van der Waals surface area contributed by atoms with Gasteiger partial charge in [-0.1, -0.05) is 12.1 Å². The minimum absolute atomic E-state index is 0.0782. The van der Waals surface area contributed by atoms with Crippen molar-refractivity contribution < 1.29 is 27.4 Å². The van der Waals surface area contributed by atoms with E-state index in [4.69, 9.17) is 9.47 Å². The lowest BCUT2D eigenvalue weighted by Gasteiger charge is -2.34. The molecule has 210 valence electrons. The van der Waals surface area contributed by atoms with Crippen molar-refractivity contribution in [3.05, 3.63) is 36.2 Å². The van der Waals surface area contributed by atoms with E-state index in [1.807, 2.05) is 36.6 Å². The predicted octanol–water partition coefficient (Wildman–Crippen LogP) is 4.16. The molecule has 1 aromatic carbocycles. The van der Waals surface area contributed by atoms with Gasteiger partial charge < -0.3 is 24.6 Å². The number of nitrogens with one attached hydrogen (secondary N) is 1. The molecule has 0 radical (unpaired) electrons. The Hall–Kier alpha value is -3.61. The second-order valence-corrected chi connectivity index (χ2v) is 10.6. The van der Waals surface area contributed by atoms with Gasteiger partial charge in [-0.2, -0.15) is 23.1 Å². The minimum atomic E-state index is -4.71. The highest BCUT2D eigenvalue weighted by Gasteiger charge is 2.39. The molecule has 2 aliphatic heterocycles. The maximum atomic E-state index is 14.1. The smallest absolute Gasteiger partial charge is 0.444 e. The largest absolute Gasteiger partial charge is 0.450 e. The van der Waals surface area contributed by atoms with Crippen LogP contribution in [0.3, 0.4) is 0 Å². The fourth-order valence-electron chi connectivity index (χ4n) is 4.77. The number of carbonyl (C=O) groups is 1. The van der Waals surface area contributed by atoms with Gasteiger partial charge in [-0.15, -0.1) is 0 Å². The second-order valence-electron chi connectivity index (χ2n) is 10.6. The lowest BCUT2D eigenvalue weighted by atomic mass is 10.1. The van der Waals surface area contributed by atoms with Crippen molar-refractivity contribution in [2.24, 2.45) is 0 Å². The number of piperidine rings is 1. The van der Waals surface area contributed by atoms with Crippen LogP contribution >= 0.6 is 0 Å². The number of aromatic nitrogens is 4. The first-order chi connectivity index (χ1) is 18.5. The molecule has 4 heterocycles. The van der Waals surface area contributed by atoms with Gasteiger partial charge in [-0.05, 0) is 45.7 Å². The van der Waals surface area contributed by atoms with E-state index in [9.17, 15) is 18.0 Å². The molecule has 2 aromatic heterocycles. The van der Waals surface area contributed by atoms with E-state index in [1.54, 1.807) is 18.2 Å². The number of benzene rings is 1. The zero-order valence-electron chi connectivity index (χ0n) is 22.2. The molecule has 0 unspecified atom stereocenters. The number of ether oxygens (including phenoxy) is 2. The Labute approximate surface area is 224 Å². The van der Waals surface area contributed by atoms with Crippen molar-refractivity contribution in [2.75, 3.05) is 49.2 Å². The molecule has 3 aromatic rings. The first-order valence-corrected chi connectivity index (χ1v) is 13.0. The predicted molar refractivity (Wildman–Crippen MR) is 139 cm³/mol. The highest BCUT2D eigenvalue weighted by Crippen LogP contribution is 2.34. The average molecular weight is 548 g/mol. The van der Waals surface area contributed by atoms with Gasteiger partial charge in [0, 0.05) is 38.3 Å². The number of hydrogen-bond acceptors (Lipinski definition) is 8.